The molecule has 15 heavy (non-hydrogen) atoms. The fourth-order valence-electron chi connectivity index (χ4n) is 2.03. The summed E-state index contributed by atoms with van der Waals surface area (Å²) < 4.78 is 5.71. The van der Waals surface area contributed by atoms with Crippen molar-refractivity contribution < 1.29 is 4.74 Å². The minimum atomic E-state index is 0.197. The summed E-state index contributed by atoms with van der Waals surface area (Å²) in [6.45, 7) is 2.96. The first-order valence-corrected chi connectivity index (χ1v) is 5.10. The van der Waals surface area contributed by atoms with Gasteiger partial charge in [0.2, 0.25) is 5.88 Å². The van der Waals surface area contributed by atoms with Crippen molar-refractivity contribution in [2.75, 3.05) is 18.5 Å². The smallest absolute Gasteiger partial charge is 0.239 e. The van der Waals surface area contributed by atoms with Crippen LogP contribution in [-0.4, -0.2) is 29.7 Å². The summed E-state index contributed by atoms with van der Waals surface area (Å²) in [7, 11) is 2.07. The van der Waals surface area contributed by atoms with Crippen LogP contribution in [0.15, 0.2) is 18.3 Å². The number of nitrogens with one attached hydrogen (secondary N) is 1. The van der Waals surface area contributed by atoms with E-state index in [1.54, 1.807) is 0 Å². The van der Waals surface area contributed by atoms with Crippen molar-refractivity contribution in [2.24, 2.45) is 0 Å². The molecule has 0 saturated carbocycles. The van der Waals surface area contributed by atoms with E-state index in [-0.39, 0.29) is 6.10 Å². The van der Waals surface area contributed by atoms with Crippen molar-refractivity contribution in [3.63, 3.8) is 0 Å². The minimum Gasteiger partial charge on any atom is -0.471 e. The molecule has 0 spiro atoms. The number of anilines is 1. The largest absolute Gasteiger partial charge is 0.471 e. The number of hydrogen-bond acceptors (Lipinski definition) is 3. The van der Waals surface area contributed by atoms with Crippen molar-refractivity contribution in [3.8, 4) is 5.88 Å². The molecular weight excluding hydrogens is 190 g/mol. The average Bonchev–Trinajstić information content (AvgIpc) is 2.61. The highest BCUT2D eigenvalue weighted by molar-refractivity contribution is 5.82. The first-order valence-electron chi connectivity index (χ1n) is 5.10. The second-order valence-corrected chi connectivity index (χ2v) is 4.04. The molecular formula is C11H13N3O. The van der Waals surface area contributed by atoms with Crippen LogP contribution in [0.1, 0.15) is 6.92 Å². The van der Waals surface area contributed by atoms with Gasteiger partial charge >= 0.3 is 0 Å². The molecule has 1 N–H and O–H groups in total. The number of nitrogens with zero attached hydrogens (tertiary/aromatic N) is 2. The zero-order chi connectivity index (χ0) is 10.4. The number of H-pyrrole nitrogens is 1. The molecule has 0 radical (unpaired) electrons. The highest BCUT2D eigenvalue weighted by Crippen LogP contribution is 2.32. The van der Waals surface area contributed by atoms with Crippen LogP contribution in [-0.2, 0) is 0 Å². The third-order valence-electron chi connectivity index (χ3n) is 2.74. The lowest BCUT2D eigenvalue weighted by atomic mass is 10.2. The molecule has 2 aromatic heterocycles. The number of hydrogen-bond donors (Lipinski definition) is 1. The molecule has 4 nitrogen and oxygen atoms in total. The van der Waals surface area contributed by atoms with Gasteiger partial charge in [-0.2, -0.15) is 4.98 Å². The van der Waals surface area contributed by atoms with E-state index in [0.29, 0.717) is 0 Å². The van der Waals surface area contributed by atoms with Crippen LogP contribution in [0.5, 0.6) is 5.88 Å². The van der Waals surface area contributed by atoms with Crippen LogP contribution in [0.3, 0.4) is 0 Å². The molecule has 0 aliphatic carbocycles. The zero-order valence-corrected chi connectivity index (χ0v) is 8.82. The SMILES string of the molecule is CC1CN(C)c2cc3cc[nH]c3nc2O1. The van der Waals surface area contributed by atoms with E-state index < -0.39 is 0 Å². The van der Waals surface area contributed by atoms with Gasteiger partial charge < -0.3 is 14.6 Å². The Bertz CT molecular complexity index is 506. The number of likely N-dealkylation sites (N-methyl/N-ethyl adjacent to an activating group) is 1. The summed E-state index contributed by atoms with van der Waals surface area (Å²) in [6, 6.07) is 4.13. The number of ether oxygens (including phenoxy) is 1. The predicted octanol–water partition coefficient (Wildman–Crippen LogP) is 1.78. The predicted molar refractivity (Wildman–Crippen MR) is 59.5 cm³/mol. The normalized spacial score (nSPS) is 20.1. The summed E-state index contributed by atoms with van der Waals surface area (Å²) in [6.07, 6.45) is 2.09. The Balaban J connectivity index is 2.22. The van der Waals surface area contributed by atoms with E-state index in [1.165, 1.54) is 0 Å². The van der Waals surface area contributed by atoms with Gasteiger partial charge in [-0.3, -0.25) is 0 Å². The van der Waals surface area contributed by atoms with E-state index in [4.69, 9.17) is 4.74 Å². The molecule has 0 saturated heterocycles. The zero-order valence-electron chi connectivity index (χ0n) is 8.82. The third-order valence-corrected chi connectivity index (χ3v) is 2.74. The van der Waals surface area contributed by atoms with Gasteiger partial charge in [0.15, 0.2) is 0 Å². The summed E-state index contributed by atoms with van der Waals surface area (Å²) in [4.78, 5) is 9.73. The summed E-state index contributed by atoms with van der Waals surface area (Å²) in [5, 5.41) is 1.12. The van der Waals surface area contributed by atoms with E-state index in [1.807, 2.05) is 12.3 Å². The summed E-state index contributed by atoms with van der Waals surface area (Å²) in [5.41, 5.74) is 1.96. The van der Waals surface area contributed by atoms with Crippen molar-refractivity contribution in [1.82, 2.24) is 9.97 Å². The van der Waals surface area contributed by atoms with E-state index in [9.17, 15) is 0 Å². The molecule has 2 aromatic rings. The maximum Gasteiger partial charge on any atom is 0.239 e. The highest BCUT2D eigenvalue weighted by Gasteiger charge is 2.22. The van der Waals surface area contributed by atoms with Crippen LogP contribution in [0.4, 0.5) is 5.69 Å². The van der Waals surface area contributed by atoms with Crippen molar-refractivity contribution in [1.29, 1.82) is 0 Å². The van der Waals surface area contributed by atoms with Crippen molar-refractivity contribution in [2.45, 2.75) is 13.0 Å². The van der Waals surface area contributed by atoms with Gasteiger partial charge in [-0.1, -0.05) is 0 Å². The Kier molecular flexibility index (Phi) is 1.65. The van der Waals surface area contributed by atoms with Crippen molar-refractivity contribution >= 4 is 16.7 Å². The molecule has 1 aliphatic heterocycles. The van der Waals surface area contributed by atoms with Gasteiger partial charge in [-0.15, -0.1) is 0 Å². The van der Waals surface area contributed by atoms with Gasteiger partial charge in [0, 0.05) is 18.6 Å². The number of pyridine rings is 1. The molecule has 4 heteroatoms. The lowest BCUT2D eigenvalue weighted by Crippen LogP contribution is -2.35. The van der Waals surface area contributed by atoms with Gasteiger partial charge in [0.05, 0.1) is 6.54 Å². The fraction of sp³-hybridized carbons (Fsp3) is 0.364. The Morgan fingerprint density at radius 2 is 2.47 bits per heavy atom. The van der Waals surface area contributed by atoms with Crippen LogP contribution >= 0.6 is 0 Å². The third kappa shape index (κ3) is 1.25. The standard InChI is InChI=1S/C11H13N3O/c1-7-6-14(2)9-5-8-3-4-12-10(8)13-11(9)15-7/h3-5,7H,6H2,1-2H3,(H,12,13). The first kappa shape index (κ1) is 8.59. The number of aromatic amines is 1. The van der Waals surface area contributed by atoms with Crippen LogP contribution in [0.2, 0.25) is 0 Å². The molecule has 1 aliphatic rings. The van der Waals surface area contributed by atoms with Gasteiger partial charge in [-0.25, -0.2) is 0 Å². The van der Waals surface area contributed by atoms with E-state index >= 15 is 0 Å². The number of rotatable bonds is 0. The quantitative estimate of drug-likeness (QED) is 0.709. The lowest BCUT2D eigenvalue weighted by molar-refractivity contribution is 0.207. The second-order valence-electron chi connectivity index (χ2n) is 4.04. The molecule has 0 fully saturated rings. The molecule has 1 unspecified atom stereocenters. The fourth-order valence-corrected chi connectivity index (χ4v) is 2.03. The number of fused-ring (bicyclic) bond motifs is 2. The Morgan fingerprint density at radius 1 is 1.60 bits per heavy atom. The average molecular weight is 203 g/mol. The van der Waals surface area contributed by atoms with Gasteiger partial charge in [-0.05, 0) is 19.1 Å². The van der Waals surface area contributed by atoms with Gasteiger partial charge in [0.1, 0.15) is 17.4 Å². The summed E-state index contributed by atoms with van der Waals surface area (Å²) >= 11 is 0. The Hall–Kier alpha value is -1.71. The minimum absolute atomic E-state index is 0.197. The highest BCUT2D eigenvalue weighted by atomic mass is 16.5. The molecule has 0 amide bonds. The maximum atomic E-state index is 5.71. The Morgan fingerprint density at radius 3 is 3.33 bits per heavy atom. The van der Waals surface area contributed by atoms with Gasteiger partial charge in [0.25, 0.3) is 0 Å². The first-order chi connectivity index (χ1) is 7.24. The van der Waals surface area contributed by atoms with Crippen molar-refractivity contribution in [3.05, 3.63) is 18.3 Å². The topological polar surface area (TPSA) is 41.2 Å². The molecule has 0 bridgehead atoms. The maximum absolute atomic E-state index is 5.71. The molecule has 3 heterocycles. The Labute approximate surface area is 87.9 Å². The molecule has 1 atom stereocenters. The van der Waals surface area contributed by atoms with E-state index in [0.717, 1.165) is 29.1 Å². The monoisotopic (exact) mass is 203 g/mol. The molecule has 3 rings (SSSR count). The van der Waals surface area contributed by atoms with Crippen LogP contribution < -0.4 is 9.64 Å². The van der Waals surface area contributed by atoms with Crippen LogP contribution in [0.25, 0.3) is 11.0 Å². The number of aromatic nitrogens is 2. The van der Waals surface area contributed by atoms with Crippen LogP contribution in [0, 0.1) is 0 Å². The molecule has 78 valence electrons. The lowest BCUT2D eigenvalue weighted by Gasteiger charge is -2.31. The molecule has 0 aromatic carbocycles. The second kappa shape index (κ2) is 2.89. The van der Waals surface area contributed by atoms with E-state index in [2.05, 4.69) is 34.9 Å². The summed E-state index contributed by atoms with van der Waals surface area (Å²) in [5.74, 6) is 0.728.